The molecule has 1 fully saturated rings. The normalized spacial score (nSPS) is 24.3. The van der Waals surface area contributed by atoms with Crippen LogP contribution in [0, 0.1) is 22.6 Å². The third-order valence-corrected chi connectivity index (χ3v) is 4.59. The van der Waals surface area contributed by atoms with E-state index in [-0.39, 0.29) is 16.7 Å². The van der Waals surface area contributed by atoms with E-state index in [4.69, 9.17) is 1.37 Å². The molecule has 1 rings (SSSR count). The second kappa shape index (κ2) is 3.87. The van der Waals surface area contributed by atoms with Crippen molar-refractivity contribution in [1.29, 1.82) is 0 Å². The Bertz CT molecular complexity index is 214. The van der Waals surface area contributed by atoms with Gasteiger partial charge < -0.3 is 0 Å². The lowest BCUT2D eigenvalue weighted by Crippen LogP contribution is -2.41. The van der Waals surface area contributed by atoms with Crippen molar-refractivity contribution in [3.05, 3.63) is 0 Å². The van der Waals surface area contributed by atoms with Crippen molar-refractivity contribution in [3.8, 4) is 0 Å². The van der Waals surface area contributed by atoms with Gasteiger partial charge >= 0.3 is 0 Å². The van der Waals surface area contributed by atoms with E-state index >= 15 is 0 Å². The van der Waals surface area contributed by atoms with Gasteiger partial charge in [-0.3, -0.25) is 0 Å². The molecule has 1 atom stereocenters. The van der Waals surface area contributed by atoms with Gasteiger partial charge in [-0.1, -0.05) is 41.5 Å². The quantitative estimate of drug-likeness (QED) is 0.602. The Morgan fingerprint density at radius 1 is 1.21 bits per heavy atom. The summed E-state index contributed by atoms with van der Waals surface area (Å²) in [7, 11) is 0. The van der Waals surface area contributed by atoms with Crippen molar-refractivity contribution in [2.24, 2.45) is 22.6 Å². The van der Waals surface area contributed by atoms with E-state index in [1.807, 2.05) is 0 Å². The summed E-state index contributed by atoms with van der Waals surface area (Å²) in [6, 6.07) is 0. The Morgan fingerprint density at radius 2 is 1.64 bits per heavy atom. The minimum Gasteiger partial charge on any atom is -0.0648 e. The molecular weight excluding hydrogens is 168 g/mol. The maximum atomic E-state index is 8.80. The number of hydrogen-bond acceptors (Lipinski definition) is 0. The molecule has 0 aromatic rings. The molecule has 0 aromatic carbocycles. The molecule has 0 radical (unpaired) electrons. The molecule has 0 saturated heterocycles. The Balaban J connectivity index is 3.09. The topological polar surface area (TPSA) is 0 Å². The van der Waals surface area contributed by atoms with Crippen molar-refractivity contribution >= 4 is 0 Å². The summed E-state index contributed by atoms with van der Waals surface area (Å²) in [5, 5.41) is 0. The first-order valence-electron chi connectivity index (χ1n) is 6.73. The molecule has 0 heteroatoms. The van der Waals surface area contributed by atoms with Crippen LogP contribution < -0.4 is 0 Å². The molecule has 0 aliphatic heterocycles. The Labute approximate surface area is 91.9 Å². The van der Waals surface area contributed by atoms with Gasteiger partial charge in [0.1, 0.15) is 0 Å². The van der Waals surface area contributed by atoms with Crippen LogP contribution in [0.15, 0.2) is 0 Å². The van der Waals surface area contributed by atoms with E-state index in [1.54, 1.807) is 0 Å². The van der Waals surface area contributed by atoms with Gasteiger partial charge in [0, 0.05) is 1.37 Å². The van der Waals surface area contributed by atoms with Crippen LogP contribution in [0.25, 0.3) is 0 Å². The van der Waals surface area contributed by atoms with Crippen LogP contribution in [-0.4, -0.2) is 0 Å². The fourth-order valence-corrected chi connectivity index (χ4v) is 3.37. The smallest absolute Gasteiger partial charge is 0.0309 e. The molecule has 0 bridgehead atoms. The standard InChI is InChI=1S/C14H28/c1-7-14(8-2,13(4,5)6)11(3)12-9-10-12/h11-12H,7-10H2,1-6H3/i11D. The lowest BCUT2D eigenvalue weighted by molar-refractivity contribution is 0.00271. The zero-order valence-corrected chi connectivity index (χ0v) is 10.9. The van der Waals surface area contributed by atoms with Gasteiger partial charge in [-0.15, -0.1) is 0 Å². The van der Waals surface area contributed by atoms with Crippen LogP contribution >= 0.6 is 0 Å². The first kappa shape index (κ1) is 10.5. The largest absolute Gasteiger partial charge is 0.0648 e. The van der Waals surface area contributed by atoms with Gasteiger partial charge in [-0.2, -0.15) is 0 Å². The SMILES string of the molecule is [2H]C(C)(C1CC1)C(CC)(CC)C(C)(C)C. The summed E-state index contributed by atoms with van der Waals surface area (Å²) < 4.78 is 8.80. The highest BCUT2D eigenvalue weighted by molar-refractivity contribution is 4.97. The lowest BCUT2D eigenvalue weighted by atomic mass is 9.56. The van der Waals surface area contributed by atoms with Gasteiger partial charge in [0.05, 0.1) is 0 Å². The first-order valence-corrected chi connectivity index (χ1v) is 6.23. The van der Waals surface area contributed by atoms with Crippen LogP contribution in [0.1, 0.15) is 68.6 Å². The second-order valence-electron chi connectivity index (χ2n) is 6.00. The van der Waals surface area contributed by atoms with E-state index in [0.717, 1.165) is 12.8 Å². The molecule has 0 heterocycles. The summed E-state index contributed by atoms with van der Waals surface area (Å²) >= 11 is 0. The molecule has 1 saturated carbocycles. The molecule has 1 aliphatic carbocycles. The molecule has 0 amide bonds. The van der Waals surface area contributed by atoms with E-state index in [2.05, 4.69) is 41.5 Å². The van der Waals surface area contributed by atoms with Crippen LogP contribution in [0.2, 0.25) is 0 Å². The summed E-state index contributed by atoms with van der Waals surface area (Å²) in [5.41, 5.74) is 0.400. The molecular formula is C14H28. The molecule has 1 unspecified atom stereocenters. The summed E-state index contributed by atoms with van der Waals surface area (Å²) in [6.45, 7) is 13.7. The van der Waals surface area contributed by atoms with Gasteiger partial charge in [0.2, 0.25) is 0 Å². The van der Waals surface area contributed by atoms with Crippen LogP contribution in [0.3, 0.4) is 0 Å². The Morgan fingerprint density at radius 3 is 1.86 bits per heavy atom. The summed E-state index contributed by atoms with van der Waals surface area (Å²) in [6.07, 6.45) is 4.81. The predicted molar refractivity (Wildman–Crippen MR) is 64.4 cm³/mol. The van der Waals surface area contributed by atoms with Crippen molar-refractivity contribution < 1.29 is 1.37 Å². The minimum atomic E-state index is -0.241. The van der Waals surface area contributed by atoms with E-state index < -0.39 is 0 Å². The van der Waals surface area contributed by atoms with Crippen molar-refractivity contribution in [2.45, 2.75) is 67.2 Å². The van der Waals surface area contributed by atoms with Gasteiger partial charge in [-0.05, 0) is 48.3 Å². The zero-order chi connectivity index (χ0) is 11.9. The maximum Gasteiger partial charge on any atom is 0.0309 e. The third kappa shape index (κ3) is 1.85. The van der Waals surface area contributed by atoms with E-state index in [9.17, 15) is 0 Å². The highest BCUT2D eigenvalue weighted by atomic mass is 14.5. The number of hydrogen-bond donors (Lipinski definition) is 0. The first-order chi connectivity index (χ1) is 6.73. The second-order valence-corrected chi connectivity index (χ2v) is 6.00. The fourth-order valence-electron chi connectivity index (χ4n) is 3.37. The monoisotopic (exact) mass is 197 g/mol. The van der Waals surface area contributed by atoms with E-state index in [0.29, 0.717) is 5.92 Å². The predicted octanol–water partition coefficient (Wildman–Crippen LogP) is 4.89. The van der Waals surface area contributed by atoms with Crippen LogP contribution in [0.4, 0.5) is 0 Å². The van der Waals surface area contributed by atoms with Gasteiger partial charge in [-0.25, -0.2) is 0 Å². The molecule has 1 aliphatic rings. The average Bonchev–Trinajstić information content (AvgIpc) is 2.85. The number of rotatable bonds is 4. The van der Waals surface area contributed by atoms with Gasteiger partial charge in [0.25, 0.3) is 0 Å². The zero-order valence-electron chi connectivity index (χ0n) is 11.9. The van der Waals surface area contributed by atoms with Crippen molar-refractivity contribution in [2.75, 3.05) is 0 Å². The van der Waals surface area contributed by atoms with Crippen LogP contribution in [-0.2, 0) is 0 Å². The molecule has 0 N–H and O–H groups in total. The van der Waals surface area contributed by atoms with E-state index in [1.165, 1.54) is 12.8 Å². The van der Waals surface area contributed by atoms with Crippen LogP contribution in [0.5, 0.6) is 0 Å². The average molecular weight is 197 g/mol. The van der Waals surface area contributed by atoms with Crippen molar-refractivity contribution in [3.63, 3.8) is 0 Å². The molecule has 0 aromatic heterocycles. The highest BCUT2D eigenvalue weighted by Gasteiger charge is 2.48. The molecule has 84 valence electrons. The molecule has 0 nitrogen and oxygen atoms in total. The van der Waals surface area contributed by atoms with Gasteiger partial charge in [0.15, 0.2) is 0 Å². The summed E-state index contributed by atoms with van der Waals surface area (Å²) in [4.78, 5) is 0. The third-order valence-electron chi connectivity index (χ3n) is 4.59. The molecule has 0 spiro atoms. The molecule has 14 heavy (non-hydrogen) atoms. The Kier molecular flexibility index (Phi) is 2.91. The highest BCUT2D eigenvalue weighted by Crippen LogP contribution is 2.56. The Hall–Kier alpha value is 0. The minimum absolute atomic E-state index is 0.168. The lowest BCUT2D eigenvalue weighted by Gasteiger charge is -2.49. The van der Waals surface area contributed by atoms with Crippen molar-refractivity contribution in [1.82, 2.24) is 0 Å². The summed E-state index contributed by atoms with van der Waals surface area (Å²) in [5.74, 6) is 0.408. The fraction of sp³-hybridized carbons (Fsp3) is 1.00. The maximum absolute atomic E-state index is 8.80.